The lowest BCUT2D eigenvalue weighted by molar-refractivity contribution is 0.432. The van der Waals surface area contributed by atoms with Crippen molar-refractivity contribution in [3.8, 4) is 0 Å². The third kappa shape index (κ3) is 2.75. The average molecular weight is 213 g/mol. The highest BCUT2D eigenvalue weighted by Gasteiger charge is 2.18. The summed E-state index contributed by atoms with van der Waals surface area (Å²) in [5.74, 6) is -1.21. The van der Waals surface area contributed by atoms with E-state index in [1.54, 1.807) is 12.1 Å². The van der Waals surface area contributed by atoms with E-state index in [9.17, 15) is 8.78 Å². The number of hydrogen-bond acceptors (Lipinski definition) is 1. The van der Waals surface area contributed by atoms with Crippen LogP contribution in [0.25, 0.3) is 0 Å². The quantitative estimate of drug-likeness (QED) is 0.810. The minimum Gasteiger partial charge on any atom is -0.319 e. The molecule has 1 rings (SSSR count). The van der Waals surface area contributed by atoms with Crippen molar-refractivity contribution in [1.29, 1.82) is 0 Å². The Morgan fingerprint density at radius 2 is 1.93 bits per heavy atom. The van der Waals surface area contributed by atoms with Crippen molar-refractivity contribution < 1.29 is 8.78 Å². The van der Waals surface area contributed by atoms with Gasteiger partial charge in [0.2, 0.25) is 0 Å². The number of benzene rings is 1. The molecule has 0 saturated heterocycles. The van der Waals surface area contributed by atoms with Crippen molar-refractivity contribution >= 4 is 0 Å². The Labute approximate surface area is 89.5 Å². The van der Waals surface area contributed by atoms with Crippen molar-refractivity contribution in [3.05, 3.63) is 35.4 Å². The first-order chi connectivity index (χ1) is 7.07. The molecule has 3 heteroatoms. The smallest absolute Gasteiger partial charge is 0.162 e. The zero-order chi connectivity index (χ0) is 11.4. The maximum Gasteiger partial charge on any atom is 0.162 e. The van der Waals surface area contributed by atoms with Crippen LogP contribution in [0.5, 0.6) is 0 Å². The van der Waals surface area contributed by atoms with E-state index < -0.39 is 11.6 Å². The van der Waals surface area contributed by atoms with E-state index in [-0.39, 0.29) is 11.8 Å². The van der Waals surface area contributed by atoms with Gasteiger partial charge in [0, 0.05) is 0 Å². The molecular weight excluding hydrogens is 196 g/mol. The van der Waals surface area contributed by atoms with Gasteiger partial charge in [-0.15, -0.1) is 0 Å². The summed E-state index contributed by atoms with van der Waals surface area (Å²) in [6, 6.07) is 4.35. The first kappa shape index (κ1) is 12.1. The van der Waals surface area contributed by atoms with Gasteiger partial charge in [-0.05, 0) is 37.1 Å². The fourth-order valence-corrected chi connectivity index (χ4v) is 1.68. The molecule has 15 heavy (non-hydrogen) atoms. The highest BCUT2D eigenvalue weighted by molar-refractivity contribution is 5.23. The van der Waals surface area contributed by atoms with Crippen LogP contribution in [0.2, 0.25) is 0 Å². The van der Waals surface area contributed by atoms with Crippen LogP contribution >= 0.6 is 0 Å². The Bertz CT molecular complexity index is 325. The zero-order valence-electron chi connectivity index (χ0n) is 9.35. The molecule has 84 valence electrons. The molecule has 2 unspecified atom stereocenters. The van der Waals surface area contributed by atoms with E-state index in [1.165, 1.54) is 0 Å². The first-order valence-corrected chi connectivity index (χ1v) is 5.16. The van der Waals surface area contributed by atoms with Gasteiger partial charge in [-0.25, -0.2) is 8.78 Å². The van der Waals surface area contributed by atoms with Crippen LogP contribution in [0.15, 0.2) is 18.2 Å². The van der Waals surface area contributed by atoms with Crippen molar-refractivity contribution in [1.82, 2.24) is 5.32 Å². The van der Waals surface area contributed by atoms with Crippen LogP contribution in [0.1, 0.15) is 25.3 Å². The van der Waals surface area contributed by atoms with Crippen molar-refractivity contribution in [2.24, 2.45) is 5.92 Å². The van der Waals surface area contributed by atoms with Crippen LogP contribution in [-0.4, -0.2) is 13.6 Å². The first-order valence-electron chi connectivity index (χ1n) is 5.16. The van der Waals surface area contributed by atoms with Crippen molar-refractivity contribution in [3.63, 3.8) is 0 Å². The zero-order valence-corrected chi connectivity index (χ0v) is 9.35. The average Bonchev–Trinajstić information content (AvgIpc) is 2.21. The lowest BCUT2D eigenvalue weighted by Crippen LogP contribution is -2.21. The van der Waals surface area contributed by atoms with Crippen LogP contribution in [0.3, 0.4) is 0 Å². The van der Waals surface area contributed by atoms with E-state index in [0.29, 0.717) is 5.56 Å². The van der Waals surface area contributed by atoms with E-state index >= 15 is 0 Å². The van der Waals surface area contributed by atoms with Gasteiger partial charge in [0.25, 0.3) is 0 Å². The summed E-state index contributed by atoms with van der Waals surface area (Å²) in [5.41, 5.74) is 0.456. The second-order valence-electron chi connectivity index (χ2n) is 3.97. The molecule has 1 N–H and O–H groups in total. The summed E-state index contributed by atoms with van der Waals surface area (Å²) in [4.78, 5) is 0. The maximum absolute atomic E-state index is 13.5. The molecule has 1 nitrogen and oxygen atoms in total. The lowest BCUT2D eigenvalue weighted by atomic mass is 9.88. The number of nitrogens with one attached hydrogen (secondary N) is 1. The Kier molecular flexibility index (Phi) is 4.21. The van der Waals surface area contributed by atoms with Crippen LogP contribution in [0, 0.1) is 17.6 Å². The Balaban J connectivity index is 2.90. The molecule has 1 aromatic carbocycles. The number of hydrogen-bond donors (Lipinski definition) is 1. The Morgan fingerprint density at radius 1 is 1.27 bits per heavy atom. The van der Waals surface area contributed by atoms with Gasteiger partial charge in [-0.2, -0.15) is 0 Å². The molecule has 2 atom stereocenters. The fourth-order valence-electron chi connectivity index (χ4n) is 1.68. The molecule has 0 saturated carbocycles. The predicted molar refractivity (Wildman–Crippen MR) is 57.9 cm³/mol. The molecule has 0 radical (unpaired) electrons. The summed E-state index contributed by atoms with van der Waals surface area (Å²) in [5, 5.41) is 3.04. The summed E-state index contributed by atoms with van der Waals surface area (Å²) in [7, 11) is 1.85. The molecular formula is C12H17F2N. The monoisotopic (exact) mass is 213 g/mol. The van der Waals surface area contributed by atoms with E-state index in [0.717, 1.165) is 12.6 Å². The minimum atomic E-state index is -0.768. The molecule has 0 fully saturated rings. The third-order valence-electron chi connectivity index (χ3n) is 2.85. The summed E-state index contributed by atoms with van der Waals surface area (Å²) < 4.78 is 26.5. The lowest BCUT2D eigenvalue weighted by Gasteiger charge is -2.20. The van der Waals surface area contributed by atoms with Gasteiger partial charge in [0.15, 0.2) is 11.6 Å². The molecule has 0 spiro atoms. The van der Waals surface area contributed by atoms with Gasteiger partial charge < -0.3 is 5.32 Å². The van der Waals surface area contributed by atoms with E-state index in [4.69, 9.17) is 0 Å². The summed E-state index contributed by atoms with van der Waals surface area (Å²) >= 11 is 0. The van der Waals surface area contributed by atoms with Gasteiger partial charge in [0.1, 0.15) is 0 Å². The summed E-state index contributed by atoms with van der Waals surface area (Å²) in [6.45, 7) is 4.72. The second kappa shape index (κ2) is 5.21. The molecule has 1 aromatic rings. The number of halogens is 2. The highest BCUT2D eigenvalue weighted by Crippen LogP contribution is 2.26. The molecule has 0 aliphatic heterocycles. The Hall–Kier alpha value is -0.960. The summed E-state index contributed by atoms with van der Waals surface area (Å²) in [6.07, 6.45) is 0. The largest absolute Gasteiger partial charge is 0.319 e. The van der Waals surface area contributed by atoms with Crippen LogP contribution in [0.4, 0.5) is 8.78 Å². The van der Waals surface area contributed by atoms with E-state index in [2.05, 4.69) is 5.32 Å². The second-order valence-corrected chi connectivity index (χ2v) is 3.97. The van der Waals surface area contributed by atoms with Crippen LogP contribution in [-0.2, 0) is 0 Å². The van der Waals surface area contributed by atoms with Gasteiger partial charge in [-0.3, -0.25) is 0 Å². The molecule has 0 amide bonds. The molecule has 0 aliphatic rings. The molecule has 0 bridgehead atoms. The SMILES string of the molecule is CNCC(C)C(C)c1cccc(F)c1F. The van der Waals surface area contributed by atoms with Crippen LogP contribution < -0.4 is 5.32 Å². The van der Waals surface area contributed by atoms with Gasteiger partial charge in [-0.1, -0.05) is 26.0 Å². The topological polar surface area (TPSA) is 12.0 Å². The minimum absolute atomic E-state index is 0.00755. The van der Waals surface area contributed by atoms with E-state index in [1.807, 2.05) is 20.9 Å². The van der Waals surface area contributed by atoms with Gasteiger partial charge >= 0.3 is 0 Å². The standard InChI is InChI=1S/C12H17F2N/c1-8(7-15-3)9(2)10-5-4-6-11(13)12(10)14/h4-6,8-9,15H,7H2,1-3H3. The normalized spacial score (nSPS) is 15.0. The Morgan fingerprint density at radius 3 is 2.53 bits per heavy atom. The van der Waals surface area contributed by atoms with Crippen molar-refractivity contribution in [2.75, 3.05) is 13.6 Å². The number of rotatable bonds is 4. The maximum atomic E-state index is 13.5. The predicted octanol–water partition coefficient (Wildman–Crippen LogP) is 2.92. The van der Waals surface area contributed by atoms with Gasteiger partial charge in [0.05, 0.1) is 0 Å². The fraction of sp³-hybridized carbons (Fsp3) is 0.500. The highest BCUT2D eigenvalue weighted by atomic mass is 19.2. The third-order valence-corrected chi connectivity index (χ3v) is 2.85. The molecule has 0 heterocycles. The van der Waals surface area contributed by atoms with Crippen molar-refractivity contribution in [2.45, 2.75) is 19.8 Å². The molecule has 0 aliphatic carbocycles. The molecule has 0 aromatic heterocycles.